The van der Waals surface area contributed by atoms with Crippen molar-refractivity contribution in [1.29, 1.82) is 0 Å². The number of likely N-dealkylation sites (N-methyl/N-ethyl adjacent to an activating group) is 1. The van der Waals surface area contributed by atoms with Crippen LogP contribution in [0.5, 0.6) is 0 Å². The standard InChI is InChI=1S/C16H23FN2O2/c1-4-19(16(21)9-12(2)3)11-15(20)18-10-13-5-7-14(17)8-6-13/h5-8,12H,4,9-11H2,1-3H3,(H,18,20). The SMILES string of the molecule is CCN(CC(=O)NCc1ccc(F)cc1)C(=O)CC(C)C. The van der Waals surface area contributed by atoms with E-state index in [0.717, 1.165) is 5.56 Å². The van der Waals surface area contributed by atoms with Crippen molar-refractivity contribution in [3.8, 4) is 0 Å². The van der Waals surface area contributed by atoms with E-state index in [1.807, 2.05) is 20.8 Å². The van der Waals surface area contributed by atoms with Gasteiger partial charge in [-0.15, -0.1) is 0 Å². The van der Waals surface area contributed by atoms with Crippen LogP contribution in [0.25, 0.3) is 0 Å². The molecule has 2 amide bonds. The molecule has 0 saturated carbocycles. The van der Waals surface area contributed by atoms with Crippen LogP contribution in [-0.4, -0.2) is 29.8 Å². The van der Waals surface area contributed by atoms with Gasteiger partial charge in [-0.2, -0.15) is 0 Å². The fraction of sp³-hybridized carbons (Fsp3) is 0.500. The van der Waals surface area contributed by atoms with E-state index in [4.69, 9.17) is 0 Å². The maximum atomic E-state index is 12.8. The van der Waals surface area contributed by atoms with Crippen LogP contribution < -0.4 is 5.32 Å². The van der Waals surface area contributed by atoms with Crippen molar-refractivity contribution in [2.45, 2.75) is 33.7 Å². The quantitative estimate of drug-likeness (QED) is 0.839. The van der Waals surface area contributed by atoms with Crippen LogP contribution in [0.1, 0.15) is 32.8 Å². The van der Waals surface area contributed by atoms with Crippen molar-refractivity contribution >= 4 is 11.8 Å². The molecule has 0 spiro atoms. The summed E-state index contributed by atoms with van der Waals surface area (Å²) >= 11 is 0. The minimum absolute atomic E-state index is 0.00979. The second kappa shape index (κ2) is 8.39. The van der Waals surface area contributed by atoms with Gasteiger partial charge in [0.15, 0.2) is 0 Å². The van der Waals surface area contributed by atoms with E-state index in [1.54, 1.807) is 17.0 Å². The molecular formula is C16H23FN2O2. The monoisotopic (exact) mass is 294 g/mol. The third-order valence-electron chi connectivity index (χ3n) is 3.05. The van der Waals surface area contributed by atoms with Crippen molar-refractivity contribution in [2.75, 3.05) is 13.1 Å². The van der Waals surface area contributed by atoms with Crippen LogP contribution in [0.15, 0.2) is 24.3 Å². The predicted octanol–water partition coefficient (Wildman–Crippen LogP) is 2.34. The van der Waals surface area contributed by atoms with E-state index in [1.165, 1.54) is 12.1 Å². The first-order chi connectivity index (χ1) is 9.92. The van der Waals surface area contributed by atoms with Crippen molar-refractivity contribution in [1.82, 2.24) is 10.2 Å². The van der Waals surface area contributed by atoms with Crippen molar-refractivity contribution in [2.24, 2.45) is 5.92 Å². The molecule has 0 radical (unpaired) electrons. The Morgan fingerprint density at radius 2 is 1.86 bits per heavy atom. The molecule has 0 aliphatic heterocycles. The molecule has 5 heteroatoms. The summed E-state index contributed by atoms with van der Waals surface area (Å²) in [6.07, 6.45) is 0.444. The smallest absolute Gasteiger partial charge is 0.239 e. The maximum absolute atomic E-state index is 12.8. The first-order valence-corrected chi connectivity index (χ1v) is 7.21. The van der Waals surface area contributed by atoms with Gasteiger partial charge < -0.3 is 10.2 Å². The zero-order valence-electron chi connectivity index (χ0n) is 12.9. The van der Waals surface area contributed by atoms with Gasteiger partial charge in [0, 0.05) is 19.5 Å². The van der Waals surface area contributed by atoms with Crippen molar-refractivity contribution in [3.63, 3.8) is 0 Å². The minimum Gasteiger partial charge on any atom is -0.350 e. The Kier molecular flexibility index (Phi) is 6.85. The molecule has 0 heterocycles. The molecule has 21 heavy (non-hydrogen) atoms. The number of hydrogen-bond donors (Lipinski definition) is 1. The van der Waals surface area contributed by atoms with E-state index in [9.17, 15) is 14.0 Å². The highest BCUT2D eigenvalue weighted by Crippen LogP contribution is 2.05. The average molecular weight is 294 g/mol. The summed E-state index contributed by atoms with van der Waals surface area (Å²) in [5.74, 6) is -0.252. The molecular weight excluding hydrogens is 271 g/mol. The first kappa shape index (κ1) is 17.1. The first-order valence-electron chi connectivity index (χ1n) is 7.21. The number of nitrogens with one attached hydrogen (secondary N) is 1. The molecule has 0 atom stereocenters. The summed E-state index contributed by atoms with van der Waals surface area (Å²) < 4.78 is 12.8. The molecule has 0 saturated heterocycles. The van der Waals surface area contributed by atoms with Crippen LogP contribution in [0.2, 0.25) is 0 Å². The van der Waals surface area contributed by atoms with Crippen LogP contribution in [0.3, 0.4) is 0 Å². The molecule has 4 nitrogen and oxygen atoms in total. The van der Waals surface area contributed by atoms with E-state index in [0.29, 0.717) is 19.5 Å². The molecule has 1 aromatic carbocycles. The number of rotatable bonds is 7. The lowest BCUT2D eigenvalue weighted by Crippen LogP contribution is -2.40. The largest absolute Gasteiger partial charge is 0.350 e. The number of hydrogen-bond acceptors (Lipinski definition) is 2. The summed E-state index contributed by atoms with van der Waals surface area (Å²) in [7, 11) is 0. The topological polar surface area (TPSA) is 49.4 Å². The Balaban J connectivity index is 2.44. The lowest BCUT2D eigenvalue weighted by atomic mass is 10.1. The third kappa shape index (κ3) is 6.38. The highest BCUT2D eigenvalue weighted by Gasteiger charge is 2.16. The molecule has 1 aromatic rings. The van der Waals surface area contributed by atoms with Gasteiger partial charge >= 0.3 is 0 Å². The molecule has 0 fully saturated rings. The van der Waals surface area contributed by atoms with Gasteiger partial charge in [0.25, 0.3) is 0 Å². The van der Waals surface area contributed by atoms with Gasteiger partial charge in [0.1, 0.15) is 5.82 Å². The fourth-order valence-electron chi connectivity index (χ4n) is 1.89. The van der Waals surface area contributed by atoms with Gasteiger partial charge in [-0.3, -0.25) is 9.59 Å². The number of carbonyl (C=O) groups is 2. The predicted molar refractivity (Wildman–Crippen MR) is 80.0 cm³/mol. The summed E-state index contributed by atoms with van der Waals surface area (Å²) in [5.41, 5.74) is 0.821. The second-order valence-corrected chi connectivity index (χ2v) is 5.41. The van der Waals surface area contributed by atoms with Gasteiger partial charge in [-0.05, 0) is 30.5 Å². The van der Waals surface area contributed by atoms with E-state index >= 15 is 0 Å². The Hall–Kier alpha value is -1.91. The molecule has 0 bridgehead atoms. The molecule has 116 valence electrons. The highest BCUT2D eigenvalue weighted by atomic mass is 19.1. The second-order valence-electron chi connectivity index (χ2n) is 5.41. The number of carbonyl (C=O) groups excluding carboxylic acids is 2. The average Bonchev–Trinajstić information content (AvgIpc) is 2.43. The van der Waals surface area contributed by atoms with Crippen LogP contribution in [0.4, 0.5) is 4.39 Å². The number of benzene rings is 1. The van der Waals surface area contributed by atoms with Crippen molar-refractivity contribution in [3.05, 3.63) is 35.6 Å². The Morgan fingerprint density at radius 3 is 2.38 bits per heavy atom. The normalized spacial score (nSPS) is 10.5. The van der Waals surface area contributed by atoms with Crippen LogP contribution in [0, 0.1) is 11.7 Å². The minimum atomic E-state index is -0.304. The molecule has 0 aliphatic carbocycles. The molecule has 0 aromatic heterocycles. The summed E-state index contributed by atoms with van der Waals surface area (Å²) in [6.45, 7) is 6.69. The summed E-state index contributed by atoms with van der Waals surface area (Å²) in [4.78, 5) is 25.3. The lowest BCUT2D eigenvalue weighted by Gasteiger charge is -2.21. The zero-order chi connectivity index (χ0) is 15.8. The van der Waals surface area contributed by atoms with E-state index < -0.39 is 0 Å². The van der Waals surface area contributed by atoms with E-state index in [2.05, 4.69) is 5.32 Å². The number of amides is 2. The highest BCUT2D eigenvalue weighted by molar-refractivity contribution is 5.84. The summed E-state index contributed by atoms with van der Waals surface area (Å²) in [6, 6.07) is 5.95. The van der Waals surface area contributed by atoms with E-state index in [-0.39, 0.29) is 30.1 Å². The Labute approximate surface area is 125 Å². The zero-order valence-corrected chi connectivity index (χ0v) is 12.9. The van der Waals surface area contributed by atoms with Crippen molar-refractivity contribution < 1.29 is 14.0 Å². The van der Waals surface area contributed by atoms with Gasteiger partial charge in [0.2, 0.25) is 11.8 Å². The molecule has 0 unspecified atom stereocenters. The fourth-order valence-corrected chi connectivity index (χ4v) is 1.89. The lowest BCUT2D eigenvalue weighted by molar-refractivity contribution is -0.136. The third-order valence-corrected chi connectivity index (χ3v) is 3.05. The van der Waals surface area contributed by atoms with Gasteiger partial charge in [-0.1, -0.05) is 26.0 Å². The molecule has 1 rings (SSSR count). The Morgan fingerprint density at radius 1 is 1.24 bits per heavy atom. The van der Waals surface area contributed by atoms with Gasteiger partial charge in [-0.25, -0.2) is 4.39 Å². The summed E-state index contributed by atoms with van der Waals surface area (Å²) in [5, 5.41) is 2.74. The van der Waals surface area contributed by atoms with Crippen LogP contribution >= 0.6 is 0 Å². The van der Waals surface area contributed by atoms with Gasteiger partial charge in [0.05, 0.1) is 6.54 Å². The molecule has 1 N–H and O–H groups in total. The molecule has 0 aliphatic rings. The van der Waals surface area contributed by atoms with Crippen LogP contribution in [-0.2, 0) is 16.1 Å². The number of halogens is 1. The maximum Gasteiger partial charge on any atom is 0.239 e. The Bertz CT molecular complexity index is 472. The number of nitrogens with zero attached hydrogens (tertiary/aromatic N) is 1.